The van der Waals surface area contributed by atoms with E-state index in [9.17, 15) is 4.39 Å². The fourth-order valence-corrected chi connectivity index (χ4v) is 3.54. The van der Waals surface area contributed by atoms with Gasteiger partial charge in [-0.2, -0.15) is 0 Å². The summed E-state index contributed by atoms with van der Waals surface area (Å²) in [4.78, 5) is 1.93. The topological polar surface area (TPSA) is 26.0 Å². The van der Waals surface area contributed by atoms with Crippen LogP contribution in [0.3, 0.4) is 0 Å². The Bertz CT molecular complexity index is 558. The maximum absolute atomic E-state index is 13.4. The number of halogens is 1. The highest BCUT2D eigenvalue weighted by Crippen LogP contribution is 2.26. The Labute approximate surface area is 121 Å². The molecule has 100 valence electrons. The SMILES string of the molecule is Cc1cc(SCCSc2ccccc2F)ccc1N. The van der Waals surface area contributed by atoms with Crippen molar-refractivity contribution in [2.75, 3.05) is 17.2 Å². The number of anilines is 1. The van der Waals surface area contributed by atoms with Crippen LogP contribution in [0.5, 0.6) is 0 Å². The standard InChI is InChI=1S/C15H16FNS2/c1-11-10-12(6-7-14(11)17)18-8-9-19-15-5-3-2-4-13(15)16/h2-7,10H,8-9,17H2,1H3. The number of hydrogen-bond acceptors (Lipinski definition) is 3. The maximum Gasteiger partial charge on any atom is 0.136 e. The third kappa shape index (κ3) is 4.18. The van der Waals surface area contributed by atoms with E-state index in [0.717, 1.165) is 27.7 Å². The molecule has 0 aromatic heterocycles. The van der Waals surface area contributed by atoms with Gasteiger partial charge in [0.05, 0.1) is 0 Å². The molecule has 2 aromatic rings. The zero-order valence-corrected chi connectivity index (χ0v) is 12.4. The molecule has 0 atom stereocenters. The highest BCUT2D eigenvalue weighted by molar-refractivity contribution is 8.03. The molecule has 0 saturated carbocycles. The van der Waals surface area contributed by atoms with Crippen LogP contribution in [-0.2, 0) is 0 Å². The zero-order chi connectivity index (χ0) is 13.7. The van der Waals surface area contributed by atoms with Crippen LogP contribution in [0.15, 0.2) is 52.3 Å². The van der Waals surface area contributed by atoms with Crippen molar-refractivity contribution >= 4 is 29.2 Å². The largest absolute Gasteiger partial charge is 0.399 e. The number of nitrogens with two attached hydrogens (primary N) is 1. The smallest absolute Gasteiger partial charge is 0.136 e. The van der Waals surface area contributed by atoms with Crippen LogP contribution in [-0.4, -0.2) is 11.5 Å². The molecule has 0 aliphatic heterocycles. The van der Waals surface area contributed by atoms with Crippen LogP contribution in [0.25, 0.3) is 0 Å². The van der Waals surface area contributed by atoms with E-state index in [1.807, 2.05) is 31.2 Å². The van der Waals surface area contributed by atoms with Crippen LogP contribution in [0, 0.1) is 12.7 Å². The Kier molecular flexibility index (Phi) is 5.16. The highest BCUT2D eigenvalue weighted by atomic mass is 32.2. The van der Waals surface area contributed by atoms with Crippen LogP contribution in [0.1, 0.15) is 5.56 Å². The van der Waals surface area contributed by atoms with Crippen molar-refractivity contribution in [1.29, 1.82) is 0 Å². The summed E-state index contributed by atoms with van der Waals surface area (Å²) in [5.74, 6) is 1.69. The monoisotopic (exact) mass is 293 g/mol. The van der Waals surface area contributed by atoms with Crippen LogP contribution < -0.4 is 5.73 Å². The molecular weight excluding hydrogens is 277 g/mol. The Morgan fingerprint density at radius 1 is 1.05 bits per heavy atom. The first-order valence-corrected chi connectivity index (χ1v) is 8.00. The van der Waals surface area contributed by atoms with Gasteiger partial charge in [0.2, 0.25) is 0 Å². The molecule has 19 heavy (non-hydrogen) atoms. The summed E-state index contributed by atoms with van der Waals surface area (Å²) in [5, 5.41) is 0. The van der Waals surface area contributed by atoms with E-state index < -0.39 is 0 Å². The number of aryl methyl sites for hydroxylation is 1. The first kappa shape index (κ1) is 14.3. The Balaban J connectivity index is 1.81. The second-order valence-corrected chi connectivity index (χ2v) is 6.45. The Hall–Kier alpha value is -1.13. The third-order valence-corrected chi connectivity index (χ3v) is 4.99. The summed E-state index contributed by atoms with van der Waals surface area (Å²) in [6.45, 7) is 2.01. The van der Waals surface area contributed by atoms with Gasteiger partial charge in [-0.15, -0.1) is 23.5 Å². The molecule has 2 N–H and O–H groups in total. The van der Waals surface area contributed by atoms with Gasteiger partial charge in [0.15, 0.2) is 0 Å². The molecule has 4 heteroatoms. The summed E-state index contributed by atoms with van der Waals surface area (Å²) < 4.78 is 13.4. The van der Waals surface area contributed by atoms with E-state index in [4.69, 9.17) is 5.73 Å². The first-order valence-electron chi connectivity index (χ1n) is 6.03. The Morgan fingerprint density at radius 2 is 1.79 bits per heavy atom. The minimum Gasteiger partial charge on any atom is -0.399 e. The van der Waals surface area contributed by atoms with E-state index in [0.29, 0.717) is 0 Å². The number of thioether (sulfide) groups is 2. The molecule has 0 amide bonds. The summed E-state index contributed by atoms with van der Waals surface area (Å²) in [6.07, 6.45) is 0. The molecule has 0 spiro atoms. The van der Waals surface area contributed by atoms with Gasteiger partial charge in [0, 0.05) is 27.0 Å². The second-order valence-electron chi connectivity index (χ2n) is 4.15. The third-order valence-electron chi connectivity index (χ3n) is 2.69. The van der Waals surface area contributed by atoms with Crippen LogP contribution >= 0.6 is 23.5 Å². The van der Waals surface area contributed by atoms with Gasteiger partial charge in [-0.25, -0.2) is 4.39 Å². The molecule has 0 aliphatic carbocycles. The van der Waals surface area contributed by atoms with Gasteiger partial charge < -0.3 is 5.73 Å². The Morgan fingerprint density at radius 3 is 2.53 bits per heavy atom. The minimum atomic E-state index is -0.138. The van der Waals surface area contributed by atoms with Crippen molar-refractivity contribution < 1.29 is 4.39 Å². The zero-order valence-electron chi connectivity index (χ0n) is 10.7. The lowest BCUT2D eigenvalue weighted by atomic mass is 10.2. The van der Waals surface area contributed by atoms with Crippen molar-refractivity contribution in [1.82, 2.24) is 0 Å². The molecule has 0 unspecified atom stereocenters. The van der Waals surface area contributed by atoms with Gasteiger partial charge in [-0.1, -0.05) is 12.1 Å². The summed E-state index contributed by atoms with van der Waals surface area (Å²) >= 11 is 3.32. The number of benzene rings is 2. The second kappa shape index (κ2) is 6.87. The summed E-state index contributed by atoms with van der Waals surface area (Å²) in [6, 6.07) is 12.9. The van der Waals surface area contributed by atoms with E-state index in [1.165, 1.54) is 11.0 Å². The quantitative estimate of drug-likeness (QED) is 0.495. The van der Waals surface area contributed by atoms with Gasteiger partial charge in [-0.05, 0) is 42.8 Å². The lowest BCUT2D eigenvalue weighted by Crippen LogP contribution is -1.90. The minimum absolute atomic E-state index is 0.138. The lowest BCUT2D eigenvalue weighted by Gasteiger charge is -2.05. The normalized spacial score (nSPS) is 10.6. The average Bonchev–Trinajstić information content (AvgIpc) is 2.40. The highest BCUT2D eigenvalue weighted by Gasteiger charge is 2.02. The molecule has 2 rings (SSSR count). The predicted molar refractivity (Wildman–Crippen MR) is 83.4 cm³/mol. The van der Waals surface area contributed by atoms with E-state index >= 15 is 0 Å². The van der Waals surface area contributed by atoms with Crippen molar-refractivity contribution in [2.45, 2.75) is 16.7 Å². The van der Waals surface area contributed by atoms with Gasteiger partial charge in [0.25, 0.3) is 0 Å². The van der Waals surface area contributed by atoms with Crippen LogP contribution in [0.2, 0.25) is 0 Å². The van der Waals surface area contributed by atoms with E-state index in [-0.39, 0.29) is 5.82 Å². The molecule has 2 aromatic carbocycles. The molecule has 0 saturated heterocycles. The van der Waals surface area contributed by atoms with E-state index in [1.54, 1.807) is 29.6 Å². The van der Waals surface area contributed by atoms with Crippen molar-refractivity contribution in [3.63, 3.8) is 0 Å². The van der Waals surface area contributed by atoms with Gasteiger partial charge in [-0.3, -0.25) is 0 Å². The number of rotatable bonds is 5. The fourth-order valence-electron chi connectivity index (χ4n) is 1.61. The van der Waals surface area contributed by atoms with Crippen LogP contribution in [0.4, 0.5) is 10.1 Å². The van der Waals surface area contributed by atoms with Crippen molar-refractivity contribution in [2.24, 2.45) is 0 Å². The average molecular weight is 293 g/mol. The molecule has 0 bridgehead atoms. The lowest BCUT2D eigenvalue weighted by molar-refractivity contribution is 0.602. The molecule has 1 nitrogen and oxygen atoms in total. The fraction of sp³-hybridized carbons (Fsp3) is 0.200. The molecule has 0 aliphatic rings. The first-order chi connectivity index (χ1) is 9.16. The van der Waals surface area contributed by atoms with Gasteiger partial charge >= 0.3 is 0 Å². The summed E-state index contributed by atoms with van der Waals surface area (Å²) in [5.41, 5.74) is 7.71. The predicted octanol–water partition coefficient (Wildman–Crippen LogP) is 4.60. The molecule has 0 fully saturated rings. The maximum atomic E-state index is 13.4. The van der Waals surface area contributed by atoms with Crippen molar-refractivity contribution in [3.8, 4) is 0 Å². The van der Waals surface area contributed by atoms with Gasteiger partial charge in [0.1, 0.15) is 5.82 Å². The number of hydrogen-bond donors (Lipinski definition) is 1. The summed E-state index contributed by atoms with van der Waals surface area (Å²) in [7, 11) is 0. The molecule has 0 radical (unpaired) electrons. The molecular formula is C15H16FNS2. The van der Waals surface area contributed by atoms with E-state index in [2.05, 4.69) is 6.07 Å². The number of nitrogen functional groups attached to an aromatic ring is 1. The van der Waals surface area contributed by atoms with Crippen molar-refractivity contribution in [3.05, 3.63) is 53.8 Å². The molecule has 0 heterocycles.